The third-order valence-corrected chi connectivity index (χ3v) is 15.4. The SMILES string of the molecule is CC(C)[Si](OC[C@H](O)C[C@H](O)[C@H](COCc1ccccc1)[Se]c1ccccc1)(C(C)C)C(C)C. The number of ether oxygens (including phenoxy) is 1. The predicted molar refractivity (Wildman–Crippen MR) is 145 cm³/mol. The van der Waals surface area contributed by atoms with Gasteiger partial charge in [0.1, 0.15) is 0 Å². The van der Waals surface area contributed by atoms with Gasteiger partial charge >= 0.3 is 215 Å². The van der Waals surface area contributed by atoms with Crippen LogP contribution in [0.1, 0.15) is 53.5 Å². The maximum atomic E-state index is 11.1. The molecule has 0 spiro atoms. The molecule has 2 rings (SSSR count). The second kappa shape index (κ2) is 14.5. The van der Waals surface area contributed by atoms with Crippen molar-refractivity contribution < 1.29 is 19.4 Å². The van der Waals surface area contributed by atoms with E-state index in [0.717, 1.165) is 5.56 Å². The number of hydrogen-bond acceptors (Lipinski definition) is 4. The standard InChI is InChI=1S/C28H44O4SeSi/c1-21(2)34(22(3)4,23(5)6)32-19-25(29)17-27(30)28(33-26-15-11-8-12-16-26)20-31-18-24-13-9-7-10-14-24/h7-16,21-23,25,27-30H,17-20H2,1-6H3/t25-,27+,28+/m1/s1. The van der Waals surface area contributed by atoms with Crippen molar-refractivity contribution in [2.45, 2.75) is 88.2 Å². The molecule has 2 N–H and O–H groups in total. The molecular formula is C28H44O4SeSi. The van der Waals surface area contributed by atoms with E-state index in [1.165, 1.54) is 4.46 Å². The molecule has 0 unspecified atom stereocenters. The molecule has 6 heteroatoms. The first kappa shape index (κ1) is 29.2. The molecule has 0 heterocycles. The summed E-state index contributed by atoms with van der Waals surface area (Å²) in [5.41, 5.74) is 2.51. The van der Waals surface area contributed by atoms with Crippen molar-refractivity contribution in [2.75, 3.05) is 13.2 Å². The molecular weight excluding hydrogens is 507 g/mol. The van der Waals surface area contributed by atoms with Gasteiger partial charge in [0.05, 0.1) is 0 Å². The second-order valence-corrected chi connectivity index (χ2v) is 18.3. The Bertz CT molecular complexity index is 779. The van der Waals surface area contributed by atoms with E-state index in [1.807, 2.05) is 48.5 Å². The van der Waals surface area contributed by atoms with Crippen molar-refractivity contribution >= 4 is 27.7 Å². The van der Waals surface area contributed by atoms with Crippen LogP contribution in [0, 0.1) is 0 Å². The third-order valence-electron chi connectivity index (χ3n) is 6.60. The Kier molecular flexibility index (Phi) is 12.5. The first-order valence-corrected chi connectivity index (χ1v) is 16.5. The maximum absolute atomic E-state index is 11.1. The Morgan fingerprint density at radius 3 is 1.82 bits per heavy atom. The van der Waals surface area contributed by atoms with Crippen molar-refractivity contribution in [3.05, 3.63) is 66.2 Å². The molecule has 3 atom stereocenters. The van der Waals surface area contributed by atoms with Gasteiger partial charge in [0.15, 0.2) is 0 Å². The van der Waals surface area contributed by atoms with Crippen LogP contribution in [-0.4, -0.2) is 58.9 Å². The fraction of sp³-hybridized carbons (Fsp3) is 0.571. The van der Waals surface area contributed by atoms with E-state index in [2.05, 4.69) is 53.7 Å². The van der Waals surface area contributed by atoms with Crippen LogP contribution in [-0.2, 0) is 15.8 Å². The zero-order chi connectivity index (χ0) is 25.1. The average Bonchev–Trinajstić information content (AvgIpc) is 2.79. The molecule has 0 aliphatic carbocycles. The Labute approximate surface area is 214 Å². The molecule has 0 fully saturated rings. The van der Waals surface area contributed by atoms with E-state index >= 15 is 0 Å². The van der Waals surface area contributed by atoms with Gasteiger partial charge in [0.2, 0.25) is 0 Å². The van der Waals surface area contributed by atoms with Gasteiger partial charge < -0.3 is 0 Å². The summed E-state index contributed by atoms with van der Waals surface area (Å²) >= 11 is 0.0320. The van der Waals surface area contributed by atoms with Crippen LogP contribution in [0.25, 0.3) is 0 Å². The first-order valence-electron chi connectivity index (χ1n) is 12.5. The van der Waals surface area contributed by atoms with Crippen LogP contribution in [0.15, 0.2) is 60.7 Å². The molecule has 2 aromatic rings. The van der Waals surface area contributed by atoms with Gasteiger partial charge in [-0.1, -0.05) is 0 Å². The van der Waals surface area contributed by atoms with Crippen molar-refractivity contribution in [3.8, 4) is 0 Å². The molecule has 2 aromatic carbocycles. The fourth-order valence-electron chi connectivity index (χ4n) is 5.00. The summed E-state index contributed by atoms with van der Waals surface area (Å²) in [4.78, 5) is -0.0458. The molecule has 0 aliphatic heterocycles. The minimum absolute atomic E-state index is 0.0320. The van der Waals surface area contributed by atoms with Crippen molar-refractivity contribution in [1.82, 2.24) is 0 Å². The van der Waals surface area contributed by atoms with E-state index in [4.69, 9.17) is 9.16 Å². The molecule has 0 radical (unpaired) electrons. The zero-order valence-electron chi connectivity index (χ0n) is 21.7. The van der Waals surface area contributed by atoms with Crippen LogP contribution in [0.4, 0.5) is 0 Å². The van der Waals surface area contributed by atoms with Crippen molar-refractivity contribution in [1.29, 1.82) is 0 Å². The summed E-state index contributed by atoms with van der Waals surface area (Å²) in [7, 11) is -2.05. The number of aliphatic hydroxyl groups is 2. The summed E-state index contributed by atoms with van der Waals surface area (Å²) in [6.07, 6.45) is -1.05. The summed E-state index contributed by atoms with van der Waals surface area (Å²) in [6, 6.07) is 20.4. The number of aliphatic hydroxyl groups excluding tert-OH is 2. The van der Waals surface area contributed by atoms with Gasteiger partial charge in [0, 0.05) is 0 Å². The molecule has 0 aromatic heterocycles. The van der Waals surface area contributed by atoms with Crippen molar-refractivity contribution in [3.63, 3.8) is 0 Å². The molecule has 34 heavy (non-hydrogen) atoms. The second-order valence-electron chi connectivity index (χ2n) is 10.1. The predicted octanol–water partition coefficient (Wildman–Crippen LogP) is 5.33. The third kappa shape index (κ3) is 8.60. The molecule has 0 saturated carbocycles. The van der Waals surface area contributed by atoms with Crippen LogP contribution in [0.2, 0.25) is 21.4 Å². The van der Waals surface area contributed by atoms with Gasteiger partial charge in [-0.25, -0.2) is 0 Å². The van der Waals surface area contributed by atoms with E-state index in [-0.39, 0.29) is 26.4 Å². The summed E-state index contributed by atoms with van der Waals surface area (Å²) in [5.74, 6) is 0. The molecule has 0 aliphatic rings. The van der Waals surface area contributed by atoms with Crippen LogP contribution in [0.5, 0.6) is 0 Å². The molecule has 0 saturated heterocycles. The Morgan fingerprint density at radius 1 is 0.765 bits per heavy atom. The van der Waals surface area contributed by atoms with Crippen LogP contribution >= 0.6 is 0 Å². The summed E-state index contributed by atoms with van der Waals surface area (Å²) < 4.78 is 13.8. The first-order chi connectivity index (χ1) is 16.2. The average molecular weight is 552 g/mol. The number of benzene rings is 2. The Balaban J connectivity index is 2.00. The monoisotopic (exact) mass is 552 g/mol. The Morgan fingerprint density at radius 2 is 1.29 bits per heavy atom. The minimum atomic E-state index is -2.05. The van der Waals surface area contributed by atoms with Crippen LogP contribution in [0.3, 0.4) is 0 Å². The van der Waals surface area contributed by atoms with Gasteiger partial charge in [-0.3, -0.25) is 0 Å². The van der Waals surface area contributed by atoms with Gasteiger partial charge in [0.25, 0.3) is 0 Å². The van der Waals surface area contributed by atoms with E-state index in [9.17, 15) is 10.2 Å². The Hall–Kier alpha value is -0.984. The zero-order valence-corrected chi connectivity index (χ0v) is 24.4. The number of rotatable bonds is 15. The molecule has 190 valence electrons. The number of hydrogen-bond donors (Lipinski definition) is 2. The molecule has 4 nitrogen and oxygen atoms in total. The van der Waals surface area contributed by atoms with E-state index in [1.54, 1.807) is 0 Å². The van der Waals surface area contributed by atoms with E-state index < -0.39 is 20.5 Å². The molecule has 0 bridgehead atoms. The van der Waals surface area contributed by atoms with Gasteiger partial charge in [-0.2, -0.15) is 0 Å². The van der Waals surface area contributed by atoms with Gasteiger partial charge in [-0.15, -0.1) is 0 Å². The summed E-state index contributed by atoms with van der Waals surface area (Å²) in [5, 5.41) is 22.0. The normalized spacial score (nSPS) is 15.1. The topological polar surface area (TPSA) is 58.9 Å². The van der Waals surface area contributed by atoms with Gasteiger partial charge in [-0.05, 0) is 0 Å². The molecule has 0 amide bonds. The fourth-order valence-corrected chi connectivity index (χ4v) is 12.8. The van der Waals surface area contributed by atoms with Crippen LogP contribution < -0.4 is 4.46 Å². The van der Waals surface area contributed by atoms with E-state index in [0.29, 0.717) is 36.3 Å². The van der Waals surface area contributed by atoms with Crippen molar-refractivity contribution in [2.24, 2.45) is 0 Å². The quantitative estimate of drug-likeness (QED) is 0.294. The summed E-state index contributed by atoms with van der Waals surface area (Å²) in [6.45, 7) is 14.7.